The summed E-state index contributed by atoms with van der Waals surface area (Å²) in [6.07, 6.45) is 58.0. The molecule has 1 amide bonds. The van der Waals surface area contributed by atoms with Crippen molar-refractivity contribution in [3.05, 3.63) is 109 Å². The molecule has 3 aliphatic heterocycles. The van der Waals surface area contributed by atoms with Gasteiger partial charge in [0.1, 0.15) is 73.2 Å². The monoisotopic (exact) mass is 1430 g/mol. The molecule has 0 spiro atoms. The summed E-state index contributed by atoms with van der Waals surface area (Å²) < 4.78 is 34.4. The second-order valence-corrected chi connectivity index (χ2v) is 27.8. The molecule has 17 atom stereocenters. The maximum Gasteiger partial charge on any atom is 0.220 e. The average molecular weight is 1430 g/mol. The van der Waals surface area contributed by atoms with Gasteiger partial charge in [-0.1, -0.05) is 277 Å². The fraction of sp³-hybridized carbons (Fsp3) is 0.768. The van der Waals surface area contributed by atoms with E-state index in [2.05, 4.69) is 116 Å². The standard InChI is InChI=1S/C82H141NO18/c1-3-5-7-9-11-13-15-17-19-21-22-23-24-25-26-27-28-29-30-31-32-33-34-35-36-37-38-39-40-41-42-44-46-48-50-52-54-56-58-60-70(88)83-65(66(87)59-57-55-53-51-49-47-45-43-20-18-16-14-12-10-8-6-4-2)64-96-80-76(94)73(91)78(68(62-85)98-80)101-82-77(95)74(92)79(69(63-86)99-82)100-81-75(93)72(90)71(89)67(61-84)97-81/h5,7,11,13,17,19-20,22-23,25-26,28-29,43,49,51,57,59,65-69,71-82,84-87,89-95H,3-4,6,8-10,12,14-16,18,21,24,27,30-42,44-48,50,52-56,58,60-64H2,1-2H3,(H,83,88)/b7-5-,13-11-,19-17-,23-22-,26-25-,29-28-,43-20+,51-49+,59-57+. The Labute approximate surface area is 608 Å². The average Bonchev–Trinajstić information content (AvgIpc) is 0.792. The molecular formula is C82H141NO18. The molecule has 3 rings (SSSR count). The zero-order chi connectivity index (χ0) is 73.2. The summed E-state index contributed by atoms with van der Waals surface area (Å²) in [7, 11) is 0. The van der Waals surface area contributed by atoms with Crippen molar-refractivity contribution in [3.8, 4) is 0 Å². The van der Waals surface area contributed by atoms with Gasteiger partial charge in [0.15, 0.2) is 18.9 Å². The fourth-order valence-electron chi connectivity index (χ4n) is 12.7. The summed E-state index contributed by atoms with van der Waals surface area (Å²) in [6.45, 7) is 1.59. The number of aliphatic hydroxyl groups excluding tert-OH is 11. The number of carbonyl (C=O) groups is 1. The first-order valence-electron chi connectivity index (χ1n) is 39.6. The zero-order valence-electron chi connectivity index (χ0n) is 62.1. The molecule has 0 aromatic rings. The van der Waals surface area contributed by atoms with Gasteiger partial charge >= 0.3 is 0 Å². The molecule has 0 saturated carbocycles. The van der Waals surface area contributed by atoms with Crippen LogP contribution in [0.15, 0.2) is 109 Å². The number of carbonyl (C=O) groups excluding carboxylic acids is 1. The van der Waals surface area contributed by atoms with Gasteiger partial charge in [0.05, 0.1) is 38.6 Å². The minimum Gasteiger partial charge on any atom is -0.394 e. The molecule has 12 N–H and O–H groups in total. The maximum absolute atomic E-state index is 13.4. The molecule has 19 heteroatoms. The number of unbranched alkanes of at least 4 members (excludes halogenated alkanes) is 29. The molecule has 0 bridgehead atoms. The quantitative estimate of drug-likeness (QED) is 0.0199. The number of amides is 1. The van der Waals surface area contributed by atoms with E-state index in [-0.39, 0.29) is 18.9 Å². The van der Waals surface area contributed by atoms with E-state index in [4.69, 9.17) is 28.4 Å². The number of hydrogen-bond donors (Lipinski definition) is 12. The Morgan fingerprint density at radius 1 is 0.366 bits per heavy atom. The van der Waals surface area contributed by atoms with Gasteiger partial charge in [-0.05, 0) is 96.3 Å². The zero-order valence-corrected chi connectivity index (χ0v) is 62.1. The summed E-state index contributed by atoms with van der Waals surface area (Å²) in [4.78, 5) is 13.4. The lowest BCUT2D eigenvalue weighted by atomic mass is 9.96. The fourth-order valence-corrected chi connectivity index (χ4v) is 12.7. The minimum atomic E-state index is -1.99. The Hall–Kier alpha value is -3.55. The summed E-state index contributed by atoms with van der Waals surface area (Å²) in [5.41, 5.74) is 0. The van der Waals surface area contributed by atoms with Crippen LogP contribution in [-0.4, -0.2) is 193 Å². The SMILES string of the molecule is CC/C=C\C/C=C\C/C=C\C/C=C\C/C=C\C/C=C\CCCCCCCCCCCCCCCCCCCCCCC(=O)NC(COC1OC(CO)C(OC2OC(CO)C(OC3OC(CO)C(O)C(O)C3O)C(O)C2O)C(O)C1O)C(O)/C=C/CC/C=C/CC/C=C/CCCCCCCCC. The van der Waals surface area contributed by atoms with Crippen molar-refractivity contribution in [2.45, 2.75) is 375 Å². The minimum absolute atomic E-state index is 0.229. The molecule has 3 heterocycles. The van der Waals surface area contributed by atoms with Crippen molar-refractivity contribution < 1.29 is 89.4 Å². The summed E-state index contributed by atoms with van der Waals surface area (Å²) >= 11 is 0. The summed E-state index contributed by atoms with van der Waals surface area (Å²) in [5, 5.41) is 121. The smallest absolute Gasteiger partial charge is 0.220 e. The molecule has 0 aliphatic carbocycles. The number of allylic oxidation sites excluding steroid dienone is 17. The second kappa shape index (κ2) is 61.6. The van der Waals surface area contributed by atoms with Gasteiger partial charge in [0.2, 0.25) is 5.91 Å². The van der Waals surface area contributed by atoms with Gasteiger partial charge in [0, 0.05) is 6.42 Å². The van der Waals surface area contributed by atoms with E-state index in [1.165, 1.54) is 154 Å². The van der Waals surface area contributed by atoms with E-state index in [1.54, 1.807) is 6.08 Å². The molecule has 17 unspecified atom stereocenters. The van der Waals surface area contributed by atoms with Crippen LogP contribution >= 0.6 is 0 Å². The number of rotatable bonds is 61. The lowest BCUT2D eigenvalue weighted by Crippen LogP contribution is -2.66. The Kier molecular flexibility index (Phi) is 55.9. The van der Waals surface area contributed by atoms with Crippen LogP contribution < -0.4 is 5.32 Å². The first-order chi connectivity index (χ1) is 49.3. The van der Waals surface area contributed by atoms with E-state index in [0.29, 0.717) is 12.8 Å². The third kappa shape index (κ3) is 41.8. The summed E-state index contributed by atoms with van der Waals surface area (Å²) in [6, 6.07) is -1.00. The Morgan fingerprint density at radius 3 is 1.11 bits per heavy atom. The van der Waals surface area contributed by atoms with Crippen LogP contribution in [0.25, 0.3) is 0 Å². The van der Waals surface area contributed by atoms with Crippen molar-refractivity contribution in [2.24, 2.45) is 0 Å². The van der Waals surface area contributed by atoms with Crippen LogP contribution in [0.2, 0.25) is 0 Å². The van der Waals surface area contributed by atoms with Crippen molar-refractivity contribution >= 4 is 5.91 Å². The van der Waals surface area contributed by atoms with Gasteiger partial charge in [-0.2, -0.15) is 0 Å². The Bertz CT molecular complexity index is 2250. The highest BCUT2D eigenvalue weighted by molar-refractivity contribution is 5.76. The van der Waals surface area contributed by atoms with Crippen molar-refractivity contribution in [3.63, 3.8) is 0 Å². The van der Waals surface area contributed by atoms with Crippen molar-refractivity contribution in [1.29, 1.82) is 0 Å². The first kappa shape index (κ1) is 91.7. The number of ether oxygens (including phenoxy) is 6. The molecule has 3 saturated heterocycles. The van der Waals surface area contributed by atoms with Crippen molar-refractivity contribution in [2.75, 3.05) is 26.4 Å². The highest BCUT2D eigenvalue weighted by Crippen LogP contribution is 2.33. The van der Waals surface area contributed by atoms with E-state index < -0.39 is 124 Å². The van der Waals surface area contributed by atoms with Crippen molar-refractivity contribution in [1.82, 2.24) is 5.32 Å². The Morgan fingerprint density at radius 2 is 0.693 bits per heavy atom. The molecular weight excluding hydrogens is 1290 g/mol. The van der Waals surface area contributed by atoms with Crippen LogP contribution in [0.4, 0.5) is 0 Å². The number of hydrogen-bond acceptors (Lipinski definition) is 18. The summed E-state index contributed by atoms with van der Waals surface area (Å²) in [5.74, 6) is -0.290. The highest BCUT2D eigenvalue weighted by Gasteiger charge is 2.53. The third-order valence-corrected chi connectivity index (χ3v) is 19.0. The first-order valence-corrected chi connectivity index (χ1v) is 39.6. The van der Waals surface area contributed by atoms with Gasteiger partial charge in [-0.3, -0.25) is 4.79 Å². The van der Waals surface area contributed by atoms with Gasteiger partial charge < -0.3 is 89.9 Å². The lowest BCUT2D eigenvalue weighted by molar-refractivity contribution is -0.379. The predicted molar refractivity (Wildman–Crippen MR) is 401 cm³/mol. The Balaban J connectivity index is 1.32. The molecule has 3 fully saturated rings. The van der Waals surface area contributed by atoms with Crippen LogP contribution in [0.1, 0.15) is 271 Å². The van der Waals surface area contributed by atoms with E-state index in [9.17, 15) is 61.0 Å². The van der Waals surface area contributed by atoms with Gasteiger partial charge in [-0.25, -0.2) is 0 Å². The van der Waals surface area contributed by atoms with E-state index in [1.807, 2.05) is 6.08 Å². The molecule has 19 nitrogen and oxygen atoms in total. The van der Waals surface area contributed by atoms with Crippen LogP contribution in [0.3, 0.4) is 0 Å². The maximum atomic E-state index is 13.4. The molecule has 0 aromatic heterocycles. The molecule has 582 valence electrons. The van der Waals surface area contributed by atoms with E-state index in [0.717, 1.165) is 83.5 Å². The molecule has 101 heavy (non-hydrogen) atoms. The molecule has 0 aromatic carbocycles. The molecule has 0 radical (unpaired) electrons. The largest absolute Gasteiger partial charge is 0.394 e. The normalized spacial score (nSPS) is 26.9. The predicted octanol–water partition coefficient (Wildman–Crippen LogP) is 12.9. The topological polar surface area (TPSA) is 307 Å². The molecule has 3 aliphatic rings. The van der Waals surface area contributed by atoms with Crippen LogP contribution in [0, 0.1) is 0 Å². The van der Waals surface area contributed by atoms with E-state index >= 15 is 0 Å². The number of aliphatic hydroxyl groups is 11. The highest BCUT2D eigenvalue weighted by atomic mass is 16.8. The lowest BCUT2D eigenvalue weighted by Gasteiger charge is -2.48. The second-order valence-electron chi connectivity index (χ2n) is 27.8. The van der Waals surface area contributed by atoms with Crippen LogP contribution in [-0.2, 0) is 33.2 Å². The number of nitrogens with one attached hydrogen (secondary N) is 1. The van der Waals surface area contributed by atoms with Gasteiger partial charge in [0.25, 0.3) is 0 Å². The van der Waals surface area contributed by atoms with Crippen LogP contribution in [0.5, 0.6) is 0 Å². The third-order valence-electron chi connectivity index (χ3n) is 19.0. The van der Waals surface area contributed by atoms with Gasteiger partial charge in [-0.15, -0.1) is 0 Å².